The molecule has 0 radical (unpaired) electrons. The van der Waals surface area contributed by atoms with Gasteiger partial charge in [-0.15, -0.1) is 0 Å². The van der Waals surface area contributed by atoms with E-state index in [1.165, 1.54) is 24.3 Å². The predicted octanol–water partition coefficient (Wildman–Crippen LogP) is 3.26. The van der Waals surface area contributed by atoms with Gasteiger partial charge < -0.3 is 15.3 Å². The Morgan fingerprint density at radius 3 is 2.48 bits per heavy atom. The number of fused-ring (bicyclic) bond motifs is 2. The Bertz CT molecular complexity index is 1110. The highest BCUT2D eigenvalue weighted by Crippen LogP contribution is 2.40. The van der Waals surface area contributed by atoms with Crippen LogP contribution in [0.15, 0.2) is 48.5 Å². The number of aliphatic hydroxyl groups excluding tert-OH is 1. The van der Waals surface area contributed by atoms with Crippen molar-refractivity contribution < 1.29 is 24.9 Å². The Labute approximate surface area is 141 Å². The molecule has 0 saturated carbocycles. The van der Waals surface area contributed by atoms with Crippen LogP contribution in [0.25, 0.3) is 22.2 Å². The number of aromatic carboxylic acids is 1. The number of ketones is 1. The molecule has 0 bridgehead atoms. The second-order valence-electron chi connectivity index (χ2n) is 5.67. The van der Waals surface area contributed by atoms with Gasteiger partial charge in [0.05, 0.1) is 16.7 Å². The van der Waals surface area contributed by atoms with E-state index in [2.05, 4.69) is 4.98 Å². The maximum Gasteiger partial charge on any atom is 0.335 e. The van der Waals surface area contributed by atoms with Crippen LogP contribution < -0.4 is 0 Å². The first-order valence-electron chi connectivity index (χ1n) is 7.42. The number of hydrogen-bond donors (Lipinski definition) is 3. The molecule has 0 aliphatic heterocycles. The fourth-order valence-corrected chi connectivity index (χ4v) is 2.96. The van der Waals surface area contributed by atoms with E-state index in [0.29, 0.717) is 10.9 Å². The summed E-state index contributed by atoms with van der Waals surface area (Å²) in [7, 11) is 0. The summed E-state index contributed by atoms with van der Waals surface area (Å²) in [5.74, 6) is -2.30. The zero-order valence-corrected chi connectivity index (χ0v) is 12.7. The van der Waals surface area contributed by atoms with E-state index in [4.69, 9.17) is 5.11 Å². The first kappa shape index (κ1) is 14.9. The van der Waals surface area contributed by atoms with Crippen molar-refractivity contribution in [2.45, 2.75) is 0 Å². The molecule has 1 aromatic heterocycles. The predicted molar refractivity (Wildman–Crippen MR) is 90.6 cm³/mol. The Balaban J connectivity index is 1.95. The third-order valence-electron chi connectivity index (χ3n) is 4.17. The van der Waals surface area contributed by atoms with Crippen molar-refractivity contribution in [1.29, 1.82) is 0 Å². The minimum atomic E-state index is -1.16. The van der Waals surface area contributed by atoms with Crippen LogP contribution in [0.1, 0.15) is 32.0 Å². The number of carboxylic acids is 1. The van der Waals surface area contributed by atoms with E-state index in [-0.39, 0.29) is 39.5 Å². The minimum absolute atomic E-state index is 0.0331. The fraction of sp³-hybridized carbons (Fsp3) is 0. The molecular weight excluding hydrogens is 322 g/mol. The molecule has 0 amide bonds. The van der Waals surface area contributed by atoms with Gasteiger partial charge in [0.2, 0.25) is 0 Å². The van der Waals surface area contributed by atoms with Crippen molar-refractivity contribution in [2.75, 3.05) is 0 Å². The van der Waals surface area contributed by atoms with Crippen LogP contribution in [0, 0.1) is 0 Å². The smallest absolute Gasteiger partial charge is 0.335 e. The number of carbonyl (C=O) groups excluding carboxylic acids is 1. The molecule has 122 valence electrons. The molecule has 0 fully saturated rings. The molecule has 3 aromatic rings. The molecule has 2 aromatic carbocycles. The summed E-state index contributed by atoms with van der Waals surface area (Å²) >= 11 is 0. The Morgan fingerprint density at radius 2 is 1.72 bits per heavy atom. The lowest BCUT2D eigenvalue weighted by molar-refractivity contribution is 0.0696. The largest absolute Gasteiger partial charge is 0.506 e. The van der Waals surface area contributed by atoms with Gasteiger partial charge in [0.25, 0.3) is 0 Å². The highest BCUT2D eigenvalue weighted by Gasteiger charge is 2.33. The van der Waals surface area contributed by atoms with Crippen LogP contribution >= 0.6 is 0 Å². The lowest BCUT2D eigenvalue weighted by Gasteiger charge is -2.06. The molecule has 3 N–H and O–H groups in total. The Kier molecular flexibility index (Phi) is 3.08. The average molecular weight is 333 g/mol. The molecule has 6 heteroatoms. The number of hydrogen-bond acceptors (Lipinski definition) is 5. The number of para-hydroxylation sites is 1. The average Bonchev–Trinajstić information content (AvgIpc) is 2.85. The van der Waals surface area contributed by atoms with Crippen molar-refractivity contribution in [3.05, 3.63) is 70.9 Å². The topological polar surface area (TPSA) is 108 Å². The van der Waals surface area contributed by atoms with Gasteiger partial charge in [-0.05, 0) is 30.3 Å². The Hall–Kier alpha value is -3.67. The van der Waals surface area contributed by atoms with Gasteiger partial charge in [-0.1, -0.05) is 18.2 Å². The number of aromatic nitrogens is 1. The molecule has 0 saturated heterocycles. The highest BCUT2D eigenvalue weighted by molar-refractivity contribution is 6.39. The van der Waals surface area contributed by atoms with E-state index in [9.17, 15) is 19.8 Å². The van der Waals surface area contributed by atoms with Crippen molar-refractivity contribution >= 4 is 34.0 Å². The summed E-state index contributed by atoms with van der Waals surface area (Å²) in [6.45, 7) is 0. The molecule has 0 unspecified atom stereocenters. The minimum Gasteiger partial charge on any atom is -0.506 e. The van der Waals surface area contributed by atoms with Gasteiger partial charge in [-0.3, -0.25) is 4.79 Å². The van der Waals surface area contributed by atoms with Gasteiger partial charge in [0, 0.05) is 16.5 Å². The number of aliphatic hydroxyl groups is 1. The number of benzene rings is 2. The molecule has 1 aliphatic carbocycles. The van der Waals surface area contributed by atoms with E-state index in [1.54, 1.807) is 24.3 Å². The standard InChI is InChI=1S/C19H11NO5/c21-14-8-9-3-1-2-4-13(9)20-16(14)15-17(22)11-6-5-10(19(24)25)7-12(11)18(15)23/h1-8,21,23H,(H,24,25). The van der Waals surface area contributed by atoms with E-state index in [1.807, 2.05) is 0 Å². The fourth-order valence-electron chi connectivity index (χ4n) is 2.96. The monoisotopic (exact) mass is 333 g/mol. The first-order chi connectivity index (χ1) is 12.0. The second-order valence-corrected chi connectivity index (χ2v) is 5.67. The zero-order chi connectivity index (χ0) is 17.7. The quantitative estimate of drug-likeness (QED) is 0.664. The number of pyridine rings is 1. The number of carboxylic acid groups (broad SMARTS) is 1. The van der Waals surface area contributed by atoms with Crippen LogP contribution in [0.2, 0.25) is 0 Å². The number of carbonyl (C=O) groups is 2. The molecular formula is C19H11NO5. The molecule has 1 aliphatic rings. The van der Waals surface area contributed by atoms with E-state index < -0.39 is 11.8 Å². The maximum atomic E-state index is 12.7. The molecule has 0 atom stereocenters. The van der Waals surface area contributed by atoms with Gasteiger partial charge in [-0.2, -0.15) is 0 Å². The SMILES string of the molecule is O=C(O)c1ccc2c(c1)C(O)=C(c1nc3ccccc3cc1O)C2=O. The summed E-state index contributed by atoms with van der Waals surface area (Å²) in [4.78, 5) is 28.1. The maximum absolute atomic E-state index is 12.7. The third kappa shape index (κ3) is 2.15. The van der Waals surface area contributed by atoms with Gasteiger partial charge >= 0.3 is 5.97 Å². The Morgan fingerprint density at radius 1 is 0.960 bits per heavy atom. The number of nitrogens with zero attached hydrogens (tertiary/aromatic N) is 1. The highest BCUT2D eigenvalue weighted by atomic mass is 16.4. The van der Waals surface area contributed by atoms with E-state index in [0.717, 1.165) is 0 Å². The third-order valence-corrected chi connectivity index (χ3v) is 4.17. The summed E-state index contributed by atoms with van der Waals surface area (Å²) < 4.78 is 0. The van der Waals surface area contributed by atoms with Crippen molar-refractivity contribution in [2.24, 2.45) is 0 Å². The van der Waals surface area contributed by atoms with Crippen molar-refractivity contribution in [3.63, 3.8) is 0 Å². The summed E-state index contributed by atoms with van der Waals surface area (Å²) in [6.07, 6.45) is 0. The van der Waals surface area contributed by atoms with Gasteiger partial charge in [0.15, 0.2) is 5.78 Å². The van der Waals surface area contributed by atoms with Crippen molar-refractivity contribution in [3.8, 4) is 5.75 Å². The van der Waals surface area contributed by atoms with Crippen LogP contribution in [-0.4, -0.2) is 32.1 Å². The van der Waals surface area contributed by atoms with Crippen LogP contribution in [0.5, 0.6) is 5.75 Å². The number of rotatable bonds is 2. The second kappa shape index (κ2) is 5.17. The molecule has 1 heterocycles. The number of aromatic hydroxyl groups is 1. The first-order valence-corrected chi connectivity index (χ1v) is 7.42. The molecule has 0 spiro atoms. The number of Topliss-reactive ketones (excluding diaryl/α,β-unsaturated/α-hetero) is 1. The number of allylic oxidation sites excluding steroid dienone is 1. The van der Waals surface area contributed by atoms with Gasteiger partial charge in [-0.25, -0.2) is 9.78 Å². The van der Waals surface area contributed by atoms with Crippen LogP contribution in [-0.2, 0) is 0 Å². The summed E-state index contributed by atoms with van der Waals surface area (Å²) in [6, 6.07) is 12.4. The summed E-state index contributed by atoms with van der Waals surface area (Å²) in [5, 5.41) is 30.5. The zero-order valence-electron chi connectivity index (χ0n) is 12.7. The normalized spacial score (nSPS) is 13.4. The van der Waals surface area contributed by atoms with Crippen LogP contribution in [0.4, 0.5) is 0 Å². The van der Waals surface area contributed by atoms with E-state index >= 15 is 0 Å². The van der Waals surface area contributed by atoms with Crippen molar-refractivity contribution in [1.82, 2.24) is 4.98 Å². The lowest BCUT2D eigenvalue weighted by Crippen LogP contribution is -2.02. The molecule has 4 rings (SSSR count). The molecule has 6 nitrogen and oxygen atoms in total. The summed E-state index contributed by atoms with van der Waals surface area (Å²) in [5.41, 5.74) is 0.636. The van der Waals surface area contributed by atoms with Gasteiger partial charge in [0.1, 0.15) is 17.2 Å². The lowest BCUT2D eigenvalue weighted by atomic mass is 10.0. The van der Waals surface area contributed by atoms with Crippen LogP contribution in [0.3, 0.4) is 0 Å². The molecule has 25 heavy (non-hydrogen) atoms.